The van der Waals surface area contributed by atoms with Gasteiger partial charge in [-0.25, -0.2) is 9.97 Å². The first kappa shape index (κ1) is 14.6. The zero-order chi connectivity index (χ0) is 15.5. The SMILES string of the molecule is c1nc(Nc2cnn(CCN3CCCCC3)c2)c2ccsc2n1. The molecule has 0 unspecified atom stereocenters. The van der Waals surface area contributed by atoms with Gasteiger partial charge in [-0.1, -0.05) is 6.42 Å². The highest BCUT2D eigenvalue weighted by Gasteiger charge is 2.10. The quantitative estimate of drug-likeness (QED) is 0.780. The largest absolute Gasteiger partial charge is 0.337 e. The van der Waals surface area contributed by atoms with Crippen LogP contribution < -0.4 is 5.32 Å². The molecule has 4 rings (SSSR count). The highest BCUT2D eigenvalue weighted by atomic mass is 32.1. The van der Waals surface area contributed by atoms with Crippen molar-refractivity contribution in [3.8, 4) is 0 Å². The van der Waals surface area contributed by atoms with E-state index in [1.54, 1.807) is 17.7 Å². The van der Waals surface area contributed by atoms with Crippen LogP contribution >= 0.6 is 11.3 Å². The molecule has 0 aromatic carbocycles. The fraction of sp³-hybridized carbons (Fsp3) is 0.438. The molecule has 1 N–H and O–H groups in total. The molecule has 1 aliphatic heterocycles. The van der Waals surface area contributed by atoms with Crippen molar-refractivity contribution in [2.45, 2.75) is 25.8 Å². The molecule has 0 aliphatic carbocycles. The van der Waals surface area contributed by atoms with Crippen LogP contribution in [0.2, 0.25) is 0 Å². The lowest BCUT2D eigenvalue weighted by atomic mass is 10.1. The molecule has 120 valence electrons. The molecule has 1 fully saturated rings. The molecule has 23 heavy (non-hydrogen) atoms. The van der Waals surface area contributed by atoms with E-state index in [2.05, 4.69) is 25.3 Å². The summed E-state index contributed by atoms with van der Waals surface area (Å²) in [5, 5.41) is 10.9. The van der Waals surface area contributed by atoms with E-state index in [0.29, 0.717) is 0 Å². The Morgan fingerprint density at radius 2 is 2.04 bits per heavy atom. The Morgan fingerprint density at radius 3 is 2.96 bits per heavy atom. The van der Waals surface area contributed by atoms with Crippen LogP contribution in [0.5, 0.6) is 0 Å². The van der Waals surface area contributed by atoms with E-state index in [9.17, 15) is 0 Å². The molecule has 0 radical (unpaired) electrons. The summed E-state index contributed by atoms with van der Waals surface area (Å²) in [4.78, 5) is 12.1. The number of nitrogens with one attached hydrogen (secondary N) is 1. The minimum atomic E-state index is 0.840. The van der Waals surface area contributed by atoms with Gasteiger partial charge >= 0.3 is 0 Å². The standard InChI is InChI=1S/C16H20N6S/c1-2-5-21(6-3-1)7-8-22-11-13(10-19-22)20-15-14-4-9-23-16(14)18-12-17-15/h4,9-12H,1-3,5-8H2,(H,17,18,20). The fourth-order valence-electron chi connectivity index (χ4n) is 3.00. The number of hydrogen-bond acceptors (Lipinski definition) is 6. The molecule has 0 bridgehead atoms. The van der Waals surface area contributed by atoms with E-state index in [4.69, 9.17) is 0 Å². The van der Waals surface area contributed by atoms with Crippen molar-refractivity contribution in [1.29, 1.82) is 0 Å². The Bertz CT molecular complexity index is 774. The summed E-state index contributed by atoms with van der Waals surface area (Å²) in [6.45, 7) is 4.45. The van der Waals surface area contributed by atoms with Gasteiger partial charge in [-0.15, -0.1) is 11.3 Å². The van der Waals surface area contributed by atoms with Gasteiger partial charge in [0.2, 0.25) is 0 Å². The molecule has 0 atom stereocenters. The summed E-state index contributed by atoms with van der Waals surface area (Å²) >= 11 is 1.62. The van der Waals surface area contributed by atoms with E-state index in [1.807, 2.05) is 28.5 Å². The fourth-order valence-corrected chi connectivity index (χ4v) is 3.74. The van der Waals surface area contributed by atoms with Crippen LogP contribution in [0.25, 0.3) is 10.2 Å². The number of fused-ring (bicyclic) bond motifs is 1. The number of nitrogens with zero attached hydrogens (tertiary/aromatic N) is 5. The van der Waals surface area contributed by atoms with Crippen molar-refractivity contribution in [3.05, 3.63) is 30.2 Å². The summed E-state index contributed by atoms with van der Waals surface area (Å²) < 4.78 is 2.00. The normalized spacial score (nSPS) is 16.0. The van der Waals surface area contributed by atoms with Crippen molar-refractivity contribution < 1.29 is 0 Å². The number of thiophene rings is 1. The highest BCUT2D eigenvalue weighted by Crippen LogP contribution is 2.26. The van der Waals surface area contributed by atoms with Crippen LogP contribution in [0, 0.1) is 0 Å². The van der Waals surface area contributed by atoms with Crippen LogP contribution in [0.3, 0.4) is 0 Å². The Balaban J connectivity index is 1.40. The van der Waals surface area contributed by atoms with E-state index in [0.717, 1.165) is 34.8 Å². The third kappa shape index (κ3) is 3.35. The van der Waals surface area contributed by atoms with Crippen LogP contribution in [0.4, 0.5) is 11.5 Å². The minimum Gasteiger partial charge on any atom is -0.337 e. The molecule has 3 aromatic heterocycles. The Hall–Kier alpha value is -1.99. The predicted molar refractivity (Wildman–Crippen MR) is 93.2 cm³/mol. The highest BCUT2D eigenvalue weighted by molar-refractivity contribution is 7.16. The average Bonchev–Trinajstić information content (AvgIpc) is 3.23. The van der Waals surface area contributed by atoms with Gasteiger partial charge in [0.25, 0.3) is 0 Å². The number of likely N-dealkylation sites (tertiary alicyclic amines) is 1. The van der Waals surface area contributed by atoms with Gasteiger partial charge in [-0.05, 0) is 37.4 Å². The summed E-state index contributed by atoms with van der Waals surface area (Å²) in [7, 11) is 0. The molecule has 6 nitrogen and oxygen atoms in total. The molecule has 3 aromatic rings. The smallest absolute Gasteiger partial charge is 0.142 e. The maximum Gasteiger partial charge on any atom is 0.142 e. The number of piperidine rings is 1. The summed E-state index contributed by atoms with van der Waals surface area (Å²) in [5.74, 6) is 0.840. The first-order chi connectivity index (χ1) is 11.4. The zero-order valence-corrected chi connectivity index (χ0v) is 13.8. The van der Waals surface area contributed by atoms with Crippen LogP contribution in [0.15, 0.2) is 30.2 Å². The topological polar surface area (TPSA) is 58.9 Å². The van der Waals surface area contributed by atoms with Gasteiger partial charge in [0, 0.05) is 12.7 Å². The van der Waals surface area contributed by atoms with Crippen molar-refractivity contribution >= 4 is 33.1 Å². The predicted octanol–water partition coefficient (Wildman–Crippen LogP) is 3.12. The van der Waals surface area contributed by atoms with E-state index >= 15 is 0 Å². The van der Waals surface area contributed by atoms with Crippen LogP contribution in [-0.4, -0.2) is 44.3 Å². The van der Waals surface area contributed by atoms with Crippen molar-refractivity contribution in [1.82, 2.24) is 24.6 Å². The van der Waals surface area contributed by atoms with Crippen LogP contribution in [-0.2, 0) is 6.54 Å². The van der Waals surface area contributed by atoms with Gasteiger partial charge in [0.1, 0.15) is 17.0 Å². The maximum absolute atomic E-state index is 4.45. The zero-order valence-electron chi connectivity index (χ0n) is 13.0. The Labute approximate surface area is 139 Å². The van der Waals surface area contributed by atoms with E-state index in [-0.39, 0.29) is 0 Å². The number of rotatable bonds is 5. The van der Waals surface area contributed by atoms with Gasteiger partial charge in [0.05, 0.1) is 23.8 Å². The number of anilines is 2. The second kappa shape index (κ2) is 6.64. The van der Waals surface area contributed by atoms with Gasteiger partial charge in [-0.2, -0.15) is 5.10 Å². The Morgan fingerprint density at radius 1 is 1.13 bits per heavy atom. The lowest BCUT2D eigenvalue weighted by molar-refractivity contribution is 0.218. The lowest BCUT2D eigenvalue weighted by Gasteiger charge is -2.26. The molecule has 0 saturated carbocycles. The molecule has 1 aliphatic rings. The van der Waals surface area contributed by atoms with Gasteiger partial charge in [-0.3, -0.25) is 4.68 Å². The molecule has 4 heterocycles. The maximum atomic E-state index is 4.45. The number of aromatic nitrogens is 4. The summed E-state index contributed by atoms with van der Waals surface area (Å²) in [6, 6.07) is 2.04. The van der Waals surface area contributed by atoms with E-state index < -0.39 is 0 Å². The monoisotopic (exact) mass is 328 g/mol. The number of hydrogen-bond donors (Lipinski definition) is 1. The van der Waals surface area contributed by atoms with Crippen molar-refractivity contribution in [2.24, 2.45) is 0 Å². The first-order valence-corrected chi connectivity index (χ1v) is 8.96. The van der Waals surface area contributed by atoms with Crippen molar-refractivity contribution in [3.63, 3.8) is 0 Å². The molecule has 0 spiro atoms. The van der Waals surface area contributed by atoms with E-state index in [1.165, 1.54) is 32.4 Å². The average molecular weight is 328 g/mol. The van der Waals surface area contributed by atoms with Crippen LogP contribution in [0.1, 0.15) is 19.3 Å². The molecule has 0 amide bonds. The summed E-state index contributed by atoms with van der Waals surface area (Å²) in [5.41, 5.74) is 0.967. The van der Waals surface area contributed by atoms with Gasteiger partial charge in [0.15, 0.2) is 0 Å². The second-order valence-electron chi connectivity index (χ2n) is 5.88. The minimum absolute atomic E-state index is 0.840. The molecule has 7 heteroatoms. The third-order valence-electron chi connectivity index (χ3n) is 4.25. The van der Waals surface area contributed by atoms with Crippen molar-refractivity contribution in [2.75, 3.05) is 25.0 Å². The third-order valence-corrected chi connectivity index (χ3v) is 5.07. The first-order valence-electron chi connectivity index (χ1n) is 8.08. The van der Waals surface area contributed by atoms with Gasteiger partial charge < -0.3 is 10.2 Å². The molecular weight excluding hydrogens is 308 g/mol. The summed E-state index contributed by atoms with van der Waals surface area (Å²) in [6.07, 6.45) is 9.54. The second-order valence-corrected chi connectivity index (χ2v) is 6.78. The Kier molecular flexibility index (Phi) is 4.21. The molecular formula is C16H20N6S. The molecule has 1 saturated heterocycles. The lowest BCUT2D eigenvalue weighted by Crippen LogP contribution is -2.32.